The van der Waals surface area contributed by atoms with E-state index in [2.05, 4.69) is 15.9 Å². The maximum absolute atomic E-state index is 13.8. The van der Waals surface area contributed by atoms with Crippen molar-refractivity contribution < 1.29 is 13.6 Å². The summed E-state index contributed by atoms with van der Waals surface area (Å²) in [7, 11) is 0. The highest BCUT2D eigenvalue weighted by Crippen LogP contribution is 2.44. The van der Waals surface area contributed by atoms with Gasteiger partial charge in [0.05, 0.1) is 10.0 Å². The van der Waals surface area contributed by atoms with E-state index in [0.717, 1.165) is 37.8 Å². The van der Waals surface area contributed by atoms with Crippen LogP contribution in [0.4, 0.5) is 8.78 Å². The van der Waals surface area contributed by atoms with Gasteiger partial charge in [-0.15, -0.1) is 0 Å². The first kappa shape index (κ1) is 13.7. The maximum Gasteiger partial charge on any atom is 0.172 e. The van der Waals surface area contributed by atoms with Crippen LogP contribution >= 0.6 is 15.9 Å². The number of ketones is 1. The molecule has 1 saturated carbocycles. The molecule has 0 aliphatic heterocycles. The fraction of sp³-hybridized carbons (Fsp3) is 0.500. The number of benzene rings is 1. The third-order valence-electron chi connectivity index (χ3n) is 3.97. The molecule has 0 radical (unpaired) electrons. The Morgan fingerprint density at radius 3 is 2.44 bits per heavy atom. The summed E-state index contributed by atoms with van der Waals surface area (Å²) in [5.74, 6) is -1.48. The van der Waals surface area contributed by atoms with Crippen molar-refractivity contribution in [3.8, 4) is 0 Å². The van der Waals surface area contributed by atoms with Crippen molar-refractivity contribution >= 4 is 21.7 Å². The molecule has 0 saturated heterocycles. The molecule has 0 atom stereocenters. The number of halogens is 3. The molecule has 4 heteroatoms. The predicted octanol–water partition coefficient (Wildman–Crippen LogP) is 4.88. The molecule has 1 fully saturated rings. The van der Waals surface area contributed by atoms with Crippen LogP contribution in [0, 0.1) is 17.0 Å². The number of hydrogen-bond donors (Lipinski definition) is 0. The van der Waals surface area contributed by atoms with Crippen LogP contribution in [0.2, 0.25) is 0 Å². The zero-order valence-corrected chi connectivity index (χ0v) is 11.8. The van der Waals surface area contributed by atoms with E-state index < -0.39 is 17.0 Å². The van der Waals surface area contributed by atoms with Gasteiger partial charge in [-0.2, -0.15) is 0 Å². The number of carbonyl (C=O) groups excluding carboxylic acids is 1. The summed E-state index contributed by atoms with van der Waals surface area (Å²) in [5, 5.41) is 0. The molecule has 0 spiro atoms. The first-order chi connectivity index (χ1) is 8.50. The minimum Gasteiger partial charge on any atom is -0.293 e. The van der Waals surface area contributed by atoms with Gasteiger partial charge in [-0.1, -0.05) is 19.8 Å². The quantitative estimate of drug-likeness (QED) is 0.573. The lowest BCUT2D eigenvalue weighted by atomic mass is 9.76. The van der Waals surface area contributed by atoms with E-state index in [4.69, 9.17) is 0 Å². The first-order valence-corrected chi connectivity index (χ1v) is 6.99. The highest BCUT2D eigenvalue weighted by atomic mass is 79.9. The Morgan fingerprint density at radius 1 is 1.28 bits per heavy atom. The van der Waals surface area contributed by atoms with E-state index in [1.807, 2.05) is 6.92 Å². The van der Waals surface area contributed by atoms with Gasteiger partial charge in [0.1, 0.15) is 11.6 Å². The number of rotatable bonds is 3. The van der Waals surface area contributed by atoms with Crippen LogP contribution in [0.1, 0.15) is 49.4 Å². The van der Waals surface area contributed by atoms with E-state index in [1.54, 1.807) is 0 Å². The van der Waals surface area contributed by atoms with Crippen LogP contribution in [0.25, 0.3) is 0 Å². The zero-order chi connectivity index (χ0) is 13.3. The molecule has 1 nitrogen and oxygen atoms in total. The molecular formula is C14H15BrF2O. The molecule has 2 rings (SSSR count). The normalized spacial score (nSPS) is 18.0. The summed E-state index contributed by atoms with van der Waals surface area (Å²) >= 11 is 2.92. The van der Waals surface area contributed by atoms with Crippen molar-refractivity contribution in [1.29, 1.82) is 0 Å². The second-order valence-electron chi connectivity index (χ2n) is 4.92. The molecule has 98 valence electrons. The van der Waals surface area contributed by atoms with Gasteiger partial charge in [0.2, 0.25) is 0 Å². The van der Waals surface area contributed by atoms with Crippen LogP contribution in [0.15, 0.2) is 16.6 Å². The molecule has 18 heavy (non-hydrogen) atoms. The SMILES string of the molecule is CCC1(C(=O)c2cc(F)c(Br)cc2F)CCCC1. The molecule has 0 bridgehead atoms. The molecule has 0 heterocycles. The third kappa shape index (κ3) is 2.22. The third-order valence-corrected chi connectivity index (χ3v) is 4.58. The van der Waals surface area contributed by atoms with E-state index in [9.17, 15) is 13.6 Å². The summed E-state index contributed by atoms with van der Waals surface area (Å²) < 4.78 is 27.3. The highest BCUT2D eigenvalue weighted by molar-refractivity contribution is 9.10. The molecule has 0 amide bonds. The molecule has 0 unspecified atom stereocenters. The Balaban J connectivity index is 2.42. The summed E-state index contributed by atoms with van der Waals surface area (Å²) in [6.07, 6.45) is 4.21. The van der Waals surface area contributed by atoms with Crippen molar-refractivity contribution in [2.75, 3.05) is 0 Å². The molecule has 1 aromatic carbocycles. The molecule has 0 aromatic heterocycles. The summed E-state index contributed by atoms with van der Waals surface area (Å²) in [6, 6.07) is 2.04. The van der Waals surface area contributed by atoms with Crippen molar-refractivity contribution in [3.63, 3.8) is 0 Å². The lowest BCUT2D eigenvalue weighted by molar-refractivity contribution is 0.0786. The Kier molecular flexibility index (Phi) is 3.85. The van der Waals surface area contributed by atoms with Crippen LogP contribution < -0.4 is 0 Å². The number of carbonyl (C=O) groups is 1. The average molecular weight is 317 g/mol. The standard InChI is InChI=1S/C14H15BrF2O/c1-2-14(5-3-4-6-14)13(18)9-7-12(17)10(15)8-11(9)16/h7-8H,2-6H2,1H3. The average Bonchev–Trinajstić information content (AvgIpc) is 2.83. The van der Waals surface area contributed by atoms with Gasteiger partial charge >= 0.3 is 0 Å². The lowest BCUT2D eigenvalue weighted by Crippen LogP contribution is -2.28. The second-order valence-corrected chi connectivity index (χ2v) is 5.77. The summed E-state index contributed by atoms with van der Waals surface area (Å²) in [4.78, 5) is 12.5. The smallest absolute Gasteiger partial charge is 0.172 e. The second kappa shape index (κ2) is 5.08. The van der Waals surface area contributed by atoms with Crippen molar-refractivity contribution in [3.05, 3.63) is 33.8 Å². The Bertz CT molecular complexity index is 479. The Hall–Kier alpha value is -0.770. The van der Waals surface area contributed by atoms with E-state index in [-0.39, 0.29) is 15.8 Å². The molecule has 1 aliphatic carbocycles. The van der Waals surface area contributed by atoms with Crippen LogP contribution in [-0.4, -0.2) is 5.78 Å². The molecular weight excluding hydrogens is 302 g/mol. The number of Topliss-reactive ketones (excluding diaryl/α,β-unsaturated/α-hetero) is 1. The van der Waals surface area contributed by atoms with Gasteiger partial charge in [-0.25, -0.2) is 8.78 Å². The monoisotopic (exact) mass is 316 g/mol. The van der Waals surface area contributed by atoms with Crippen molar-refractivity contribution in [2.24, 2.45) is 5.41 Å². The van der Waals surface area contributed by atoms with Crippen molar-refractivity contribution in [2.45, 2.75) is 39.0 Å². The molecule has 0 N–H and O–H groups in total. The minimum absolute atomic E-state index is 0.0496. The predicted molar refractivity (Wildman–Crippen MR) is 69.6 cm³/mol. The van der Waals surface area contributed by atoms with Gasteiger partial charge in [0.25, 0.3) is 0 Å². The zero-order valence-electron chi connectivity index (χ0n) is 10.2. The van der Waals surface area contributed by atoms with E-state index in [0.29, 0.717) is 6.42 Å². The van der Waals surface area contributed by atoms with Crippen LogP contribution in [-0.2, 0) is 0 Å². The fourth-order valence-electron chi connectivity index (χ4n) is 2.78. The largest absolute Gasteiger partial charge is 0.293 e. The molecule has 1 aromatic rings. The summed E-state index contributed by atoms with van der Waals surface area (Å²) in [5.41, 5.74) is -0.597. The van der Waals surface area contributed by atoms with Gasteiger partial charge in [0, 0.05) is 5.41 Å². The maximum atomic E-state index is 13.8. The lowest BCUT2D eigenvalue weighted by Gasteiger charge is -2.26. The topological polar surface area (TPSA) is 17.1 Å². The Labute approximate surface area is 114 Å². The Morgan fingerprint density at radius 2 is 1.89 bits per heavy atom. The van der Waals surface area contributed by atoms with E-state index in [1.165, 1.54) is 0 Å². The molecule has 1 aliphatic rings. The van der Waals surface area contributed by atoms with Gasteiger partial charge in [-0.3, -0.25) is 4.79 Å². The highest BCUT2D eigenvalue weighted by Gasteiger charge is 2.40. The van der Waals surface area contributed by atoms with Crippen LogP contribution in [0.3, 0.4) is 0 Å². The minimum atomic E-state index is -0.645. The summed E-state index contributed by atoms with van der Waals surface area (Å²) in [6.45, 7) is 1.94. The van der Waals surface area contributed by atoms with Gasteiger partial charge < -0.3 is 0 Å². The van der Waals surface area contributed by atoms with Gasteiger partial charge in [-0.05, 0) is 47.3 Å². The van der Waals surface area contributed by atoms with Crippen LogP contribution in [0.5, 0.6) is 0 Å². The number of hydrogen-bond acceptors (Lipinski definition) is 1. The first-order valence-electron chi connectivity index (χ1n) is 6.19. The van der Waals surface area contributed by atoms with E-state index >= 15 is 0 Å². The fourth-order valence-corrected chi connectivity index (χ4v) is 3.09. The van der Waals surface area contributed by atoms with Gasteiger partial charge in [0.15, 0.2) is 5.78 Å². The van der Waals surface area contributed by atoms with Crippen molar-refractivity contribution in [1.82, 2.24) is 0 Å².